The molecule has 0 saturated heterocycles. The molecule has 0 aliphatic carbocycles. The highest BCUT2D eigenvalue weighted by molar-refractivity contribution is 5.09. The Balaban J connectivity index is 4.40. The van der Waals surface area contributed by atoms with Gasteiger partial charge in [-0.05, 0) is 35.0 Å². The Hall–Kier alpha value is -0.520. The van der Waals surface area contributed by atoms with Gasteiger partial charge in [-0.1, -0.05) is 5.92 Å². The van der Waals surface area contributed by atoms with Crippen LogP contribution in [-0.4, -0.2) is 37.6 Å². The van der Waals surface area contributed by atoms with Gasteiger partial charge in [0, 0.05) is 5.54 Å². The Bertz CT molecular complexity index is 153. The Morgan fingerprint density at radius 1 is 1.45 bits per heavy atom. The van der Waals surface area contributed by atoms with E-state index in [1.165, 1.54) is 0 Å². The topological polar surface area (TPSA) is 15.3 Å². The average molecular weight is 154 g/mol. The van der Waals surface area contributed by atoms with Gasteiger partial charge in [-0.15, -0.1) is 6.42 Å². The van der Waals surface area contributed by atoms with Gasteiger partial charge in [-0.2, -0.15) is 0 Å². The lowest BCUT2D eigenvalue weighted by Gasteiger charge is -2.37. The maximum Gasteiger partial charge on any atom is 0.0865 e. The zero-order valence-corrected chi connectivity index (χ0v) is 8.10. The highest BCUT2D eigenvalue weighted by Crippen LogP contribution is 2.14. The van der Waals surface area contributed by atoms with Crippen LogP contribution < -0.4 is 5.32 Å². The molecule has 0 aliphatic rings. The summed E-state index contributed by atoms with van der Waals surface area (Å²) in [6, 6.07) is 0.0949. The molecule has 0 aromatic heterocycles. The Labute approximate surface area is 70.0 Å². The maximum atomic E-state index is 5.37. The van der Waals surface area contributed by atoms with Crippen LogP contribution in [0.4, 0.5) is 0 Å². The summed E-state index contributed by atoms with van der Waals surface area (Å²) in [6.45, 7) is 4.24. The van der Waals surface area contributed by atoms with Gasteiger partial charge < -0.3 is 10.2 Å². The predicted octanol–water partition coefficient (Wildman–Crippen LogP) is 0.548. The summed E-state index contributed by atoms with van der Waals surface area (Å²) in [4.78, 5) is 2.12. The minimum Gasteiger partial charge on any atom is -0.305 e. The van der Waals surface area contributed by atoms with E-state index in [1.807, 2.05) is 21.1 Å². The van der Waals surface area contributed by atoms with E-state index in [4.69, 9.17) is 6.42 Å². The van der Waals surface area contributed by atoms with E-state index in [2.05, 4.69) is 30.0 Å². The van der Waals surface area contributed by atoms with Crippen LogP contribution in [0.2, 0.25) is 0 Å². The predicted molar refractivity (Wildman–Crippen MR) is 49.4 cm³/mol. The summed E-state index contributed by atoms with van der Waals surface area (Å²) < 4.78 is 0. The summed E-state index contributed by atoms with van der Waals surface area (Å²) >= 11 is 0. The molecule has 0 aromatic carbocycles. The highest BCUT2D eigenvalue weighted by Gasteiger charge is 2.28. The van der Waals surface area contributed by atoms with Crippen LogP contribution in [-0.2, 0) is 0 Å². The lowest BCUT2D eigenvalue weighted by molar-refractivity contribution is 0.167. The molecule has 0 radical (unpaired) electrons. The molecule has 1 unspecified atom stereocenters. The third-order valence-electron chi connectivity index (χ3n) is 2.31. The number of nitrogens with zero attached hydrogens (tertiary/aromatic N) is 1. The quantitative estimate of drug-likeness (QED) is 0.597. The minimum absolute atomic E-state index is 0.00347. The van der Waals surface area contributed by atoms with Gasteiger partial charge in [0.15, 0.2) is 0 Å². The molecule has 0 aromatic rings. The zero-order chi connectivity index (χ0) is 9.07. The zero-order valence-electron chi connectivity index (χ0n) is 8.10. The molecule has 0 bridgehead atoms. The van der Waals surface area contributed by atoms with Crippen LogP contribution in [0.25, 0.3) is 0 Å². The molecular formula is C9H18N2. The number of hydrogen-bond acceptors (Lipinski definition) is 2. The molecule has 2 heteroatoms. The molecule has 0 aliphatic heterocycles. The number of rotatable bonds is 3. The molecule has 1 atom stereocenters. The van der Waals surface area contributed by atoms with Gasteiger partial charge >= 0.3 is 0 Å². The summed E-state index contributed by atoms with van der Waals surface area (Å²) in [5.74, 6) is 2.72. The lowest BCUT2D eigenvalue weighted by Crippen LogP contribution is -2.53. The highest BCUT2D eigenvalue weighted by atomic mass is 15.2. The normalized spacial score (nSPS) is 14.6. The van der Waals surface area contributed by atoms with Crippen molar-refractivity contribution in [2.75, 3.05) is 21.1 Å². The van der Waals surface area contributed by atoms with Gasteiger partial charge in [0.1, 0.15) is 0 Å². The van der Waals surface area contributed by atoms with E-state index in [1.54, 1.807) is 0 Å². The fraction of sp³-hybridized carbons (Fsp3) is 0.778. The molecule has 0 saturated carbocycles. The van der Waals surface area contributed by atoms with Crippen LogP contribution in [0.15, 0.2) is 0 Å². The van der Waals surface area contributed by atoms with E-state index in [0.717, 1.165) is 0 Å². The van der Waals surface area contributed by atoms with Gasteiger partial charge in [0.25, 0.3) is 0 Å². The standard InChI is InChI=1S/C9H18N2/c1-7-8(10-4)9(2,3)11(5)6/h1,8,10H,2-6H3. The first-order chi connectivity index (χ1) is 4.96. The smallest absolute Gasteiger partial charge is 0.0865 e. The summed E-state index contributed by atoms with van der Waals surface area (Å²) in [5.41, 5.74) is 0.00347. The molecule has 0 spiro atoms. The van der Waals surface area contributed by atoms with Crippen molar-refractivity contribution in [2.45, 2.75) is 25.4 Å². The largest absolute Gasteiger partial charge is 0.305 e. The van der Waals surface area contributed by atoms with E-state index in [0.29, 0.717) is 0 Å². The SMILES string of the molecule is C#CC(NC)C(C)(C)N(C)C. The van der Waals surface area contributed by atoms with Gasteiger partial charge in [0.05, 0.1) is 6.04 Å². The van der Waals surface area contributed by atoms with Crippen LogP contribution in [0.3, 0.4) is 0 Å². The first-order valence-electron chi connectivity index (χ1n) is 3.77. The Kier molecular flexibility index (Phi) is 3.57. The summed E-state index contributed by atoms with van der Waals surface area (Å²) in [5, 5.41) is 3.10. The molecule has 2 nitrogen and oxygen atoms in total. The second-order valence-electron chi connectivity index (χ2n) is 3.44. The Morgan fingerprint density at radius 3 is 2.00 bits per heavy atom. The Morgan fingerprint density at radius 2 is 1.91 bits per heavy atom. The molecule has 1 N–H and O–H groups in total. The van der Waals surface area contributed by atoms with Gasteiger partial charge in [-0.3, -0.25) is 0 Å². The molecule has 0 amide bonds. The summed E-state index contributed by atoms with van der Waals surface area (Å²) in [7, 11) is 5.94. The van der Waals surface area contributed by atoms with E-state index in [9.17, 15) is 0 Å². The van der Waals surface area contributed by atoms with Crippen molar-refractivity contribution in [1.29, 1.82) is 0 Å². The van der Waals surface area contributed by atoms with Crippen molar-refractivity contribution in [1.82, 2.24) is 10.2 Å². The first kappa shape index (κ1) is 10.5. The first-order valence-corrected chi connectivity index (χ1v) is 3.77. The minimum atomic E-state index is 0.00347. The van der Waals surface area contributed by atoms with Crippen molar-refractivity contribution in [3.05, 3.63) is 0 Å². The molecule has 0 rings (SSSR count). The van der Waals surface area contributed by atoms with Crippen LogP contribution in [0, 0.1) is 12.3 Å². The maximum absolute atomic E-state index is 5.37. The number of terminal acetylenes is 1. The molecule has 64 valence electrons. The number of likely N-dealkylation sites (N-methyl/N-ethyl adjacent to an activating group) is 2. The second-order valence-corrected chi connectivity index (χ2v) is 3.44. The van der Waals surface area contributed by atoms with Gasteiger partial charge in [-0.25, -0.2) is 0 Å². The molecule has 0 fully saturated rings. The van der Waals surface area contributed by atoms with Crippen LogP contribution in [0.5, 0.6) is 0 Å². The van der Waals surface area contributed by atoms with Crippen LogP contribution >= 0.6 is 0 Å². The van der Waals surface area contributed by atoms with Crippen molar-refractivity contribution in [3.8, 4) is 12.3 Å². The van der Waals surface area contributed by atoms with Crippen molar-refractivity contribution in [3.63, 3.8) is 0 Å². The van der Waals surface area contributed by atoms with Crippen molar-refractivity contribution in [2.24, 2.45) is 0 Å². The second kappa shape index (κ2) is 3.75. The van der Waals surface area contributed by atoms with Gasteiger partial charge in [0.2, 0.25) is 0 Å². The number of hydrogen-bond donors (Lipinski definition) is 1. The molecule has 0 heterocycles. The van der Waals surface area contributed by atoms with E-state index < -0.39 is 0 Å². The lowest BCUT2D eigenvalue weighted by atomic mass is 9.94. The molecular weight excluding hydrogens is 136 g/mol. The van der Waals surface area contributed by atoms with Crippen LogP contribution in [0.1, 0.15) is 13.8 Å². The third-order valence-corrected chi connectivity index (χ3v) is 2.31. The third kappa shape index (κ3) is 2.21. The fourth-order valence-electron chi connectivity index (χ4n) is 0.899. The van der Waals surface area contributed by atoms with Crippen molar-refractivity contribution >= 4 is 0 Å². The molecule has 11 heavy (non-hydrogen) atoms. The number of nitrogens with one attached hydrogen (secondary N) is 1. The monoisotopic (exact) mass is 154 g/mol. The average Bonchev–Trinajstić information content (AvgIpc) is 1.89. The summed E-state index contributed by atoms with van der Waals surface area (Å²) in [6.07, 6.45) is 5.37. The van der Waals surface area contributed by atoms with E-state index in [-0.39, 0.29) is 11.6 Å². The van der Waals surface area contributed by atoms with E-state index >= 15 is 0 Å². The fourth-order valence-corrected chi connectivity index (χ4v) is 0.899. The van der Waals surface area contributed by atoms with Crippen molar-refractivity contribution < 1.29 is 0 Å².